The minimum Gasteiger partial charge on any atom is -0.390 e. The van der Waals surface area contributed by atoms with Crippen molar-refractivity contribution in [3.8, 4) is 0 Å². The third-order valence-electron chi connectivity index (χ3n) is 3.79. The molecule has 124 valence electrons. The SMILES string of the molecule is CC(C)(O)CSc1nc2ccccc2c(=O)n1CC1CCCO1. The predicted molar refractivity (Wildman–Crippen MR) is 92.0 cm³/mol. The van der Waals surface area contributed by atoms with Crippen LogP contribution in [-0.2, 0) is 11.3 Å². The molecule has 0 saturated carbocycles. The maximum Gasteiger partial charge on any atom is 0.262 e. The van der Waals surface area contributed by atoms with Crippen molar-refractivity contribution in [2.24, 2.45) is 0 Å². The lowest BCUT2D eigenvalue weighted by molar-refractivity contribution is 0.0936. The molecule has 1 unspecified atom stereocenters. The van der Waals surface area contributed by atoms with Crippen LogP contribution in [0.1, 0.15) is 26.7 Å². The quantitative estimate of drug-likeness (QED) is 0.672. The van der Waals surface area contributed by atoms with Gasteiger partial charge in [0.05, 0.1) is 29.2 Å². The summed E-state index contributed by atoms with van der Waals surface area (Å²) in [5, 5.41) is 11.2. The predicted octanol–water partition coefficient (Wildman–Crippen LogP) is 2.44. The largest absolute Gasteiger partial charge is 0.390 e. The zero-order valence-corrected chi connectivity index (χ0v) is 14.3. The Hall–Kier alpha value is -1.37. The number of aliphatic hydroxyl groups is 1. The van der Waals surface area contributed by atoms with Crippen LogP contribution in [-0.4, -0.2) is 38.7 Å². The summed E-state index contributed by atoms with van der Waals surface area (Å²) in [6.07, 6.45) is 2.07. The monoisotopic (exact) mass is 334 g/mol. The Morgan fingerprint density at radius 1 is 1.43 bits per heavy atom. The van der Waals surface area contributed by atoms with Crippen LogP contribution < -0.4 is 5.56 Å². The van der Waals surface area contributed by atoms with Gasteiger partial charge >= 0.3 is 0 Å². The van der Waals surface area contributed by atoms with Crippen molar-refractivity contribution in [2.75, 3.05) is 12.4 Å². The highest BCUT2D eigenvalue weighted by atomic mass is 32.2. The van der Waals surface area contributed by atoms with Gasteiger partial charge in [0, 0.05) is 12.4 Å². The van der Waals surface area contributed by atoms with Gasteiger partial charge in [-0.1, -0.05) is 23.9 Å². The lowest BCUT2D eigenvalue weighted by atomic mass is 10.2. The second-order valence-corrected chi connectivity index (χ2v) is 7.51. The lowest BCUT2D eigenvalue weighted by Gasteiger charge is -2.19. The van der Waals surface area contributed by atoms with Crippen LogP contribution in [0.3, 0.4) is 0 Å². The molecule has 2 aromatic rings. The van der Waals surface area contributed by atoms with Crippen LogP contribution in [0.5, 0.6) is 0 Å². The molecule has 1 aliphatic rings. The number of para-hydroxylation sites is 1. The molecule has 1 fully saturated rings. The number of fused-ring (bicyclic) bond motifs is 1. The Labute approximate surface area is 139 Å². The molecule has 1 aliphatic heterocycles. The van der Waals surface area contributed by atoms with Crippen molar-refractivity contribution in [3.05, 3.63) is 34.6 Å². The average Bonchev–Trinajstić information content (AvgIpc) is 3.01. The summed E-state index contributed by atoms with van der Waals surface area (Å²) in [7, 11) is 0. The van der Waals surface area contributed by atoms with Gasteiger partial charge in [-0.3, -0.25) is 9.36 Å². The van der Waals surface area contributed by atoms with Crippen molar-refractivity contribution in [3.63, 3.8) is 0 Å². The van der Waals surface area contributed by atoms with Crippen LogP contribution in [0, 0.1) is 0 Å². The second kappa shape index (κ2) is 6.63. The Balaban J connectivity index is 2.01. The fraction of sp³-hybridized carbons (Fsp3) is 0.529. The number of hydrogen-bond donors (Lipinski definition) is 1. The van der Waals surface area contributed by atoms with Crippen molar-refractivity contribution >= 4 is 22.7 Å². The van der Waals surface area contributed by atoms with Crippen LogP contribution in [0.15, 0.2) is 34.2 Å². The zero-order chi connectivity index (χ0) is 16.4. The summed E-state index contributed by atoms with van der Waals surface area (Å²) in [5.41, 5.74) is -0.161. The summed E-state index contributed by atoms with van der Waals surface area (Å²) in [4.78, 5) is 17.5. The van der Waals surface area contributed by atoms with Crippen molar-refractivity contribution in [1.82, 2.24) is 9.55 Å². The van der Waals surface area contributed by atoms with Gasteiger partial charge in [0.25, 0.3) is 5.56 Å². The van der Waals surface area contributed by atoms with Gasteiger partial charge in [0.2, 0.25) is 0 Å². The van der Waals surface area contributed by atoms with E-state index in [2.05, 4.69) is 4.98 Å². The Bertz CT molecular complexity index is 746. The molecule has 0 amide bonds. The second-order valence-electron chi connectivity index (χ2n) is 6.56. The molecule has 6 heteroatoms. The van der Waals surface area contributed by atoms with E-state index in [0.717, 1.165) is 19.4 Å². The number of ether oxygens (including phenoxy) is 1. The van der Waals surface area contributed by atoms with E-state index in [-0.39, 0.29) is 11.7 Å². The third kappa shape index (κ3) is 3.94. The molecular weight excluding hydrogens is 312 g/mol. The van der Waals surface area contributed by atoms with Gasteiger partial charge in [-0.2, -0.15) is 0 Å². The van der Waals surface area contributed by atoms with E-state index in [4.69, 9.17) is 4.74 Å². The number of rotatable bonds is 5. The van der Waals surface area contributed by atoms with E-state index in [9.17, 15) is 9.90 Å². The molecule has 1 saturated heterocycles. The van der Waals surface area contributed by atoms with Crippen LogP contribution in [0.25, 0.3) is 10.9 Å². The highest BCUT2D eigenvalue weighted by Gasteiger charge is 2.21. The molecule has 1 aromatic carbocycles. The molecule has 2 heterocycles. The third-order valence-corrected chi connectivity index (χ3v) is 5.21. The minimum atomic E-state index is -0.817. The fourth-order valence-electron chi connectivity index (χ4n) is 2.65. The van der Waals surface area contributed by atoms with E-state index in [1.54, 1.807) is 24.5 Å². The number of nitrogens with zero attached hydrogens (tertiary/aromatic N) is 2. The van der Waals surface area contributed by atoms with E-state index < -0.39 is 5.60 Å². The van der Waals surface area contributed by atoms with Gasteiger partial charge in [-0.25, -0.2) is 4.98 Å². The van der Waals surface area contributed by atoms with E-state index >= 15 is 0 Å². The summed E-state index contributed by atoms with van der Waals surface area (Å²) in [6, 6.07) is 7.39. The molecular formula is C17H22N2O3S. The fourth-order valence-corrected chi connectivity index (χ4v) is 3.61. The molecule has 3 rings (SSSR count). The van der Waals surface area contributed by atoms with Crippen LogP contribution >= 0.6 is 11.8 Å². The Morgan fingerprint density at radius 2 is 2.22 bits per heavy atom. The summed E-state index contributed by atoms with van der Waals surface area (Å²) in [5.74, 6) is 0.476. The van der Waals surface area contributed by atoms with Gasteiger partial charge in [-0.05, 0) is 38.8 Å². The van der Waals surface area contributed by atoms with Crippen LogP contribution in [0.2, 0.25) is 0 Å². The molecule has 1 N–H and O–H groups in total. The molecule has 1 atom stereocenters. The van der Waals surface area contributed by atoms with Gasteiger partial charge < -0.3 is 9.84 Å². The maximum atomic E-state index is 12.9. The Kier molecular flexibility index (Phi) is 4.75. The van der Waals surface area contributed by atoms with E-state index in [0.29, 0.717) is 28.4 Å². The summed E-state index contributed by atoms with van der Waals surface area (Å²) >= 11 is 1.41. The average molecular weight is 334 g/mol. The minimum absolute atomic E-state index is 0.0376. The molecule has 0 aliphatic carbocycles. The standard InChI is InChI=1S/C17H22N2O3S/c1-17(2,21)11-23-16-18-14-8-4-3-7-13(14)15(20)19(16)10-12-6-5-9-22-12/h3-4,7-8,12,21H,5-6,9-11H2,1-2H3. The topological polar surface area (TPSA) is 64.4 Å². The first kappa shape index (κ1) is 16.5. The smallest absolute Gasteiger partial charge is 0.262 e. The summed E-state index contributed by atoms with van der Waals surface area (Å²) < 4.78 is 7.38. The Morgan fingerprint density at radius 3 is 2.91 bits per heavy atom. The highest BCUT2D eigenvalue weighted by molar-refractivity contribution is 7.99. The molecule has 23 heavy (non-hydrogen) atoms. The molecule has 5 nitrogen and oxygen atoms in total. The van der Waals surface area contributed by atoms with E-state index in [1.165, 1.54) is 11.8 Å². The van der Waals surface area contributed by atoms with Crippen molar-refractivity contribution in [1.29, 1.82) is 0 Å². The first-order valence-electron chi connectivity index (χ1n) is 7.90. The number of aromatic nitrogens is 2. The lowest BCUT2D eigenvalue weighted by Crippen LogP contribution is -2.30. The van der Waals surface area contributed by atoms with Gasteiger partial charge in [0.1, 0.15) is 0 Å². The van der Waals surface area contributed by atoms with Crippen molar-refractivity contribution in [2.45, 2.75) is 50.1 Å². The van der Waals surface area contributed by atoms with E-state index in [1.807, 2.05) is 18.2 Å². The zero-order valence-electron chi connectivity index (χ0n) is 13.5. The van der Waals surface area contributed by atoms with Crippen LogP contribution in [0.4, 0.5) is 0 Å². The number of benzene rings is 1. The number of thioether (sulfide) groups is 1. The molecule has 0 bridgehead atoms. The highest BCUT2D eigenvalue weighted by Crippen LogP contribution is 2.23. The first-order chi connectivity index (χ1) is 10.9. The molecule has 0 radical (unpaired) electrons. The van der Waals surface area contributed by atoms with Crippen molar-refractivity contribution < 1.29 is 9.84 Å². The first-order valence-corrected chi connectivity index (χ1v) is 8.89. The maximum absolute atomic E-state index is 12.9. The summed E-state index contributed by atoms with van der Waals surface area (Å²) in [6.45, 7) is 4.78. The number of hydrogen-bond acceptors (Lipinski definition) is 5. The van der Waals surface area contributed by atoms with Gasteiger partial charge in [0.15, 0.2) is 5.16 Å². The molecule has 0 spiro atoms. The normalized spacial score (nSPS) is 18.7. The molecule has 1 aromatic heterocycles. The van der Waals surface area contributed by atoms with Gasteiger partial charge in [-0.15, -0.1) is 0 Å².